The zero-order valence-electron chi connectivity index (χ0n) is 41.1. The van der Waals surface area contributed by atoms with Gasteiger partial charge in [-0.15, -0.1) is 11.3 Å². The number of carbonyl (C=O) groups excluding carboxylic acids is 4. The molecule has 1 saturated carbocycles. The van der Waals surface area contributed by atoms with Crippen molar-refractivity contribution in [2.24, 2.45) is 16.2 Å². The van der Waals surface area contributed by atoms with Gasteiger partial charge in [-0.25, -0.2) is 9.97 Å². The lowest BCUT2D eigenvalue weighted by Gasteiger charge is -2.63. The Morgan fingerprint density at radius 2 is 1.73 bits per heavy atom. The highest BCUT2D eigenvalue weighted by molar-refractivity contribution is 7.13. The fourth-order valence-corrected chi connectivity index (χ4v) is 12.2. The summed E-state index contributed by atoms with van der Waals surface area (Å²) in [6, 6.07) is 17.2. The predicted molar refractivity (Wildman–Crippen MR) is 267 cm³/mol. The third-order valence-corrected chi connectivity index (χ3v) is 15.8. The minimum atomic E-state index is -0.956. The number of likely N-dealkylation sites (tertiary alicyclic amines) is 2. The van der Waals surface area contributed by atoms with E-state index >= 15 is 0 Å². The lowest BCUT2D eigenvalue weighted by molar-refractivity contribution is -0.164. The number of fused-ring (bicyclic) bond motifs is 2. The maximum atomic E-state index is 14.1. The molecule has 4 N–H and O–H groups in total. The zero-order valence-corrected chi connectivity index (χ0v) is 42.7. The van der Waals surface area contributed by atoms with Crippen molar-refractivity contribution in [1.29, 1.82) is 5.26 Å². The summed E-state index contributed by atoms with van der Waals surface area (Å²) in [7, 11) is 0. The van der Waals surface area contributed by atoms with E-state index in [1.807, 2.05) is 69.6 Å². The fourth-order valence-electron chi connectivity index (χ4n) is 11.1. The molecule has 4 fully saturated rings. The van der Waals surface area contributed by atoms with E-state index < -0.39 is 46.2 Å². The average Bonchev–Trinajstić information content (AvgIpc) is 4.14. The molecule has 2 aromatic carbocycles. The average molecular weight is 995 g/mol. The first-order valence-electron chi connectivity index (χ1n) is 23.9. The SMILES string of the molecule is Cc1ncsc1-c1ccc(CNC(=O)[C@@H]2C[C@@H](O)CN2C(=O)C(NC(=O)COCCN2C[C@H]3C[C@@H]2CN3c2ccc(C(=O)NC3C(C)(C)C(Oc4ccc(C#N)c(Cl)c4)C3(C)C)cn2)C(C)(C)C)cc1. The second-order valence-corrected chi connectivity index (χ2v) is 22.7. The van der Waals surface area contributed by atoms with Gasteiger partial charge in [0.25, 0.3) is 5.91 Å². The Kier molecular flexibility index (Phi) is 14.7. The Labute approximate surface area is 419 Å². The molecule has 1 unspecified atom stereocenters. The molecule has 8 rings (SSSR count). The molecular formula is C52H64ClN9O7S. The van der Waals surface area contributed by atoms with Crippen molar-refractivity contribution in [2.75, 3.05) is 44.3 Å². The third kappa shape index (κ3) is 10.5. The number of anilines is 1. The van der Waals surface area contributed by atoms with E-state index in [1.165, 1.54) is 4.90 Å². The van der Waals surface area contributed by atoms with Gasteiger partial charge in [0.15, 0.2) is 0 Å². The van der Waals surface area contributed by atoms with Gasteiger partial charge in [-0.2, -0.15) is 5.26 Å². The van der Waals surface area contributed by atoms with Crippen LogP contribution in [-0.2, 0) is 25.7 Å². The van der Waals surface area contributed by atoms with Crippen LogP contribution in [0.25, 0.3) is 10.4 Å². The molecule has 70 heavy (non-hydrogen) atoms. The number of β-amino-alcohol motifs (C(OH)–C–C–N with tert-alkyl or cyclic N) is 1. The Bertz CT molecular complexity index is 2610. The second kappa shape index (κ2) is 20.2. The molecule has 4 aromatic rings. The highest BCUT2D eigenvalue weighted by Crippen LogP contribution is 2.55. The molecule has 372 valence electrons. The third-order valence-electron chi connectivity index (χ3n) is 14.6. The molecule has 2 bridgehead atoms. The molecule has 16 nitrogen and oxygen atoms in total. The van der Waals surface area contributed by atoms with Gasteiger partial charge in [0.2, 0.25) is 17.7 Å². The van der Waals surface area contributed by atoms with Gasteiger partial charge < -0.3 is 40.3 Å². The molecule has 5 atom stereocenters. The van der Waals surface area contributed by atoms with Crippen LogP contribution < -0.4 is 25.6 Å². The number of thiazole rings is 1. The van der Waals surface area contributed by atoms with Gasteiger partial charge >= 0.3 is 0 Å². The summed E-state index contributed by atoms with van der Waals surface area (Å²) in [5.41, 5.74) is 4.09. The number of nitrogens with one attached hydrogen (secondary N) is 3. The van der Waals surface area contributed by atoms with Crippen LogP contribution in [0.4, 0.5) is 5.82 Å². The molecule has 1 aliphatic carbocycles. The smallest absolute Gasteiger partial charge is 0.253 e. The molecule has 2 aromatic heterocycles. The molecule has 5 heterocycles. The molecule has 3 saturated heterocycles. The monoisotopic (exact) mass is 993 g/mol. The van der Waals surface area contributed by atoms with E-state index in [0.29, 0.717) is 35.1 Å². The number of benzene rings is 2. The topological polar surface area (TPSA) is 202 Å². The summed E-state index contributed by atoms with van der Waals surface area (Å²) in [4.78, 5) is 70.6. The van der Waals surface area contributed by atoms with Gasteiger partial charge in [-0.05, 0) is 54.2 Å². The molecular weight excluding hydrogens is 930 g/mol. The number of aryl methyl sites for hydroxylation is 1. The predicted octanol–water partition coefficient (Wildman–Crippen LogP) is 5.74. The van der Waals surface area contributed by atoms with E-state index in [0.717, 1.165) is 47.0 Å². The summed E-state index contributed by atoms with van der Waals surface area (Å²) in [6.07, 6.45) is 1.61. The van der Waals surface area contributed by atoms with Crippen LogP contribution in [0, 0.1) is 34.5 Å². The molecule has 0 spiro atoms. The standard InChI is InChI=1S/C52H64ClN9O7S/c1-30-43(70-29-57-30)32-11-9-31(10-12-32)23-56-46(66)40-20-37(63)27-62(40)47(67)44(50(2,3)4)58-42(64)28-68-18-17-60-25-36-19-35(60)26-61(36)41-16-14-34(24-55-41)45(65)59-48-51(5,6)49(52(48,7)8)69-38-15-13-33(22-54)39(53)21-38/h9-16,21,24,29,35-37,40,44,48-49,63H,17-20,23,25-28H2,1-8H3,(H,56,66)(H,58,64)(H,59,65)/t35-,36-,37-,40+,44?,48?,49?/m1/s1. The van der Waals surface area contributed by atoms with Gasteiger partial charge in [0.05, 0.1) is 44.9 Å². The Morgan fingerprint density at radius 1 is 0.986 bits per heavy atom. The second-order valence-electron chi connectivity index (χ2n) is 21.4. The van der Waals surface area contributed by atoms with E-state index in [2.05, 4.69) is 64.5 Å². The summed E-state index contributed by atoms with van der Waals surface area (Å²) in [5.74, 6) is -0.0425. The van der Waals surface area contributed by atoms with Crippen molar-refractivity contribution in [3.8, 4) is 22.3 Å². The highest BCUT2D eigenvalue weighted by Gasteiger charge is 2.64. The number of pyridine rings is 1. The van der Waals surface area contributed by atoms with E-state index in [9.17, 15) is 29.5 Å². The normalized spacial score (nSPS) is 23.8. The quantitative estimate of drug-likeness (QED) is 0.0994. The number of rotatable bonds is 16. The van der Waals surface area contributed by atoms with Gasteiger partial charge in [-0.1, -0.05) is 84.3 Å². The van der Waals surface area contributed by atoms with Gasteiger partial charge in [-0.3, -0.25) is 24.1 Å². The first kappa shape index (κ1) is 50.7. The van der Waals surface area contributed by atoms with Gasteiger partial charge in [0, 0.05) is 80.4 Å². The number of halogens is 1. The fraction of sp³-hybridized carbons (Fsp3) is 0.519. The molecule has 4 aliphatic rings. The summed E-state index contributed by atoms with van der Waals surface area (Å²) >= 11 is 7.84. The Balaban J connectivity index is 0.767. The van der Waals surface area contributed by atoms with Crippen LogP contribution >= 0.6 is 22.9 Å². The number of nitriles is 1. The summed E-state index contributed by atoms with van der Waals surface area (Å²) in [6.45, 7) is 18.4. The molecule has 4 amide bonds. The van der Waals surface area contributed by atoms with Crippen molar-refractivity contribution in [1.82, 2.24) is 35.7 Å². The Hall–Kier alpha value is -5.64. The lowest BCUT2D eigenvalue weighted by atomic mass is 9.49. The number of hydrogen-bond donors (Lipinski definition) is 4. The zero-order chi connectivity index (χ0) is 50.3. The number of hydrogen-bond acceptors (Lipinski definition) is 13. The molecule has 18 heteroatoms. The maximum Gasteiger partial charge on any atom is 0.253 e. The van der Waals surface area contributed by atoms with E-state index in [-0.39, 0.29) is 62.2 Å². The van der Waals surface area contributed by atoms with Crippen LogP contribution in [-0.4, -0.2) is 130 Å². The van der Waals surface area contributed by atoms with Crippen LogP contribution in [0.1, 0.15) is 88.5 Å². The van der Waals surface area contributed by atoms with E-state index in [4.69, 9.17) is 26.1 Å². The highest BCUT2D eigenvalue weighted by atomic mass is 35.5. The van der Waals surface area contributed by atoms with Crippen LogP contribution in [0.3, 0.4) is 0 Å². The lowest BCUT2D eigenvalue weighted by Crippen LogP contribution is -2.74. The Morgan fingerprint density at radius 3 is 2.34 bits per heavy atom. The van der Waals surface area contributed by atoms with Crippen molar-refractivity contribution < 1.29 is 33.8 Å². The maximum absolute atomic E-state index is 14.1. The minimum absolute atomic E-state index is 0.0113. The molecule has 0 radical (unpaired) electrons. The van der Waals surface area contributed by atoms with Crippen LogP contribution in [0.15, 0.2) is 66.3 Å². The van der Waals surface area contributed by atoms with Crippen molar-refractivity contribution >= 4 is 52.4 Å². The van der Waals surface area contributed by atoms with Crippen molar-refractivity contribution in [3.05, 3.63) is 93.7 Å². The van der Waals surface area contributed by atoms with Crippen molar-refractivity contribution in [3.63, 3.8) is 0 Å². The summed E-state index contributed by atoms with van der Waals surface area (Å²) < 4.78 is 12.2. The number of nitrogens with zero attached hydrogens (tertiary/aromatic N) is 6. The number of carbonyl (C=O) groups is 4. The number of aliphatic hydroxyl groups is 1. The largest absolute Gasteiger partial charge is 0.489 e. The number of aliphatic hydroxyl groups excluding tert-OH is 1. The number of aromatic nitrogens is 2. The first-order valence-corrected chi connectivity index (χ1v) is 25.2. The molecule has 3 aliphatic heterocycles. The van der Waals surface area contributed by atoms with Crippen molar-refractivity contribution in [2.45, 2.75) is 117 Å². The number of piperazine rings is 1. The summed E-state index contributed by atoms with van der Waals surface area (Å²) in [5, 5.41) is 29.3. The van der Waals surface area contributed by atoms with E-state index in [1.54, 1.807) is 35.7 Å². The van der Waals surface area contributed by atoms with Crippen LogP contribution in [0.5, 0.6) is 5.75 Å². The minimum Gasteiger partial charge on any atom is -0.489 e. The van der Waals surface area contributed by atoms with Gasteiger partial charge in [0.1, 0.15) is 42.4 Å². The van der Waals surface area contributed by atoms with Crippen LogP contribution in [0.2, 0.25) is 5.02 Å². The number of ether oxygens (including phenoxy) is 2. The first-order chi connectivity index (χ1) is 33.1. The number of amides is 4.